The Bertz CT molecular complexity index is 3690. The first-order valence-corrected chi connectivity index (χ1v) is 23.5. The van der Waals surface area contributed by atoms with Crippen LogP contribution in [0.1, 0.15) is 25.0 Å². The van der Waals surface area contributed by atoms with Crippen LogP contribution in [0.2, 0.25) is 0 Å². The van der Waals surface area contributed by atoms with Crippen molar-refractivity contribution in [3.05, 3.63) is 248 Å². The summed E-state index contributed by atoms with van der Waals surface area (Å²) < 4.78 is 6.43. The normalized spacial score (nSPS) is 13.4. The lowest BCUT2D eigenvalue weighted by atomic mass is 9.81. The minimum Gasteiger partial charge on any atom is -0.456 e. The molecule has 1 aliphatic heterocycles. The monoisotopic (exact) mass is 873 g/mol. The van der Waals surface area contributed by atoms with Crippen molar-refractivity contribution in [3.63, 3.8) is 0 Å². The van der Waals surface area contributed by atoms with E-state index in [2.05, 4.69) is 253 Å². The van der Waals surface area contributed by atoms with Gasteiger partial charge in [0.2, 0.25) is 0 Å². The fourth-order valence-corrected chi connectivity index (χ4v) is 10.9. The van der Waals surface area contributed by atoms with E-state index in [0.29, 0.717) is 6.67 Å². The number of furan rings is 1. The summed E-state index contributed by atoms with van der Waals surface area (Å²) in [6.45, 7) is 5.44. The first-order valence-electron chi connectivity index (χ1n) is 23.5. The average molecular weight is 874 g/mol. The first kappa shape index (κ1) is 39.7. The SMILES string of the molecule is CC1(C)c2ccccc2-c2cc(-c3cccc4c3N(c3ccccc3)CN4c3ccccc3)c(N(c3ccc(-c4ccccc4)cc3)c3cccc(-c4ccc5c(c4)oc4ccccc45)c3)cc21. The number of hydrogen-bond donors (Lipinski definition) is 0. The average Bonchev–Trinajstić information content (AvgIpc) is 4.05. The Balaban J connectivity index is 1.07. The quantitative estimate of drug-likeness (QED) is 0.152. The molecule has 0 atom stereocenters. The van der Waals surface area contributed by atoms with Crippen LogP contribution < -0.4 is 14.7 Å². The number of para-hydroxylation sites is 4. The third kappa shape index (κ3) is 6.44. The molecule has 1 aromatic heterocycles. The van der Waals surface area contributed by atoms with Gasteiger partial charge in [0.1, 0.15) is 17.8 Å². The number of fused-ring (bicyclic) bond motifs is 7. The zero-order valence-electron chi connectivity index (χ0n) is 38.0. The van der Waals surface area contributed by atoms with Crippen LogP contribution in [-0.4, -0.2) is 6.67 Å². The molecule has 0 saturated carbocycles. The highest BCUT2D eigenvalue weighted by molar-refractivity contribution is 6.07. The highest BCUT2D eigenvalue weighted by Gasteiger charge is 2.38. The van der Waals surface area contributed by atoms with Crippen LogP contribution in [0.4, 0.5) is 39.8 Å². The van der Waals surface area contributed by atoms with Gasteiger partial charge in [-0.1, -0.05) is 166 Å². The summed E-state index contributed by atoms with van der Waals surface area (Å²) >= 11 is 0. The zero-order chi connectivity index (χ0) is 45.3. The zero-order valence-corrected chi connectivity index (χ0v) is 38.0. The van der Waals surface area contributed by atoms with Gasteiger partial charge in [-0.2, -0.15) is 0 Å². The smallest absolute Gasteiger partial charge is 0.136 e. The second-order valence-corrected chi connectivity index (χ2v) is 18.5. The summed E-state index contributed by atoms with van der Waals surface area (Å²) in [6.07, 6.45) is 0. The molecular weight excluding hydrogens is 827 g/mol. The number of hydrogen-bond acceptors (Lipinski definition) is 4. The molecule has 13 rings (SSSR count). The van der Waals surface area contributed by atoms with Crippen LogP contribution in [-0.2, 0) is 5.41 Å². The molecule has 0 spiro atoms. The number of benzene rings is 10. The highest BCUT2D eigenvalue weighted by atomic mass is 16.3. The number of anilines is 7. The summed E-state index contributed by atoms with van der Waals surface area (Å²) in [7, 11) is 0. The molecule has 11 aromatic rings. The van der Waals surface area contributed by atoms with Crippen LogP contribution in [0.25, 0.3) is 66.4 Å². The van der Waals surface area contributed by atoms with Crippen molar-refractivity contribution in [2.75, 3.05) is 21.4 Å². The molecule has 10 aromatic carbocycles. The summed E-state index contributed by atoms with van der Waals surface area (Å²) in [5.74, 6) is 0. The van der Waals surface area contributed by atoms with Gasteiger partial charge in [-0.3, -0.25) is 0 Å². The maximum Gasteiger partial charge on any atom is 0.136 e. The molecule has 4 nitrogen and oxygen atoms in total. The second-order valence-electron chi connectivity index (χ2n) is 18.5. The van der Waals surface area contributed by atoms with Crippen LogP contribution in [0.15, 0.2) is 241 Å². The van der Waals surface area contributed by atoms with Gasteiger partial charge < -0.3 is 19.1 Å². The molecule has 4 heteroatoms. The molecule has 0 fully saturated rings. The van der Waals surface area contributed by atoms with Crippen molar-refractivity contribution in [2.24, 2.45) is 0 Å². The maximum absolute atomic E-state index is 6.43. The van der Waals surface area contributed by atoms with Crippen LogP contribution in [0.5, 0.6) is 0 Å². The summed E-state index contributed by atoms with van der Waals surface area (Å²) in [6, 6.07) is 86.1. The van der Waals surface area contributed by atoms with Crippen molar-refractivity contribution in [1.82, 2.24) is 0 Å². The van der Waals surface area contributed by atoms with Gasteiger partial charge in [-0.25, -0.2) is 0 Å². The van der Waals surface area contributed by atoms with Gasteiger partial charge in [0.15, 0.2) is 0 Å². The minimum absolute atomic E-state index is 0.231. The summed E-state index contributed by atoms with van der Waals surface area (Å²) in [4.78, 5) is 7.42. The van der Waals surface area contributed by atoms with Gasteiger partial charge in [-0.05, 0) is 129 Å². The van der Waals surface area contributed by atoms with Gasteiger partial charge in [0.05, 0.1) is 17.1 Å². The predicted octanol–water partition coefficient (Wildman–Crippen LogP) is 17.6. The van der Waals surface area contributed by atoms with E-state index in [0.717, 1.165) is 67.1 Å². The van der Waals surface area contributed by atoms with Crippen LogP contribution in [0.3, 0.4) is 0 Å². The molecule has 68 heavy (non-hydrogen) atoms. The Hall–Kier alpha value is -8.60. The number of rotatable bonds is 8. The number of nitrogens with zero attached hydrogens (tertiary/aromatic N) is 3. The predicted molar refractivity (Wildman–Crippen MR) is 284 cm³/mol. The minimum atomic E-state index is -0.231. The fourth-order valence-electron chi connectivity index (χ4n) is 10.9. The van der Waals surface area contributed by atoms with Gasteiger partial charge in [-0.15, -0.1) is 0 Å². The van der Waals surface area contributed by atoms with Crippen LogP contribution >= 0.6 is 0 Å². The van der Waals surface area contributed by atoms with Crippen molar-refractivity contribution < 1.29 is 4.42 Å². The van der Waals surface area contributed by atoms with Crippen molar-refractivity contribution in [3.8, 4) is 44.5 Å². The molecule has 0 saturated heterocycles. The Morgan fingerprint density at radius 3 is 1.79 bits per heavy atom. The molecule has 324 valence electrons. The Morgan fingerprint density at radius 2 is 1.00 bits per heavy atom. The Morgan fingerprint density at radius 1 is 0.397 bits per heavy atom. The van der Waals surface area contributed by atoms with Crippen LogP contribution in [0, 0.1) is 0 Å². The van der Waals surface area contributed by atoms with Gasteiger partial charge in [0, 0.05) is 50.1 Å². The van der Waals surface area contributed by atoms with E-state index in [1.807, 2.05) is 12.1 Å². The molecule has 0 radical (unpaired) electrons. The standard InChI is InChI=1S/C64H47N3O/c1-64(2)57-29-14-12-26-51(57)55-40-56(54-28-17-30-59-63(54)66(48-23-10-5-11-24-48)42-65(59)47-21-8-4-9-22-47)60(41-58(55)64)67(49-35-32-44(33-36-49)43-18-6-3-7-19-43)50-25-16-20-45(38-50)46-34-37-53-52-27-13-15-31-61(52)68-62(53)39-46/h3-41H,42H2,1-2H3. The van der Waals surface area contributed by atoms with Gasteiger partial charge >= 0.3 is 0 Å². The maximum atomic E-state index is 6.43. The van der Waals surface area contributed by atoms with E-state index in [1.54, 1.807) is 0 Å². The lowest BCUT2D eigenvalue weighted by Crippen LogP contribution is -2.24. The van der Waals surface area contributed by atoms with E-state index in [-0.39, 0.29) is 5.41 Å². The highest BCUT2D eigenvalue weighted by Crippen LogP contribution is 2.57. The molecule has 0 unspecified atom stereocenters. The molecule has 1 aliphatic carbocycles. The molecular formula is C64H47N3O. The lowest BCUT2D eigenvalue weighted by Gasteiger charge is -2.32. The molecule has 0 N–H and O–H groups in total. The van der Waals surface area contributed by atoms with Crippen molar-refractivity contribution in [1.29, 1.82) is 0 Å². The Kier molecular flexibility index (Phi) is 9.23. The Labute approximate surface area is 397 Å². The van der Waals surface area contributed by atoms with E-state index >= 15 is 0 Å². The molecule has 2 aliphatic rings. The third-order valence-electron chi connectivity index (χ3n) is 14.3. The van der Waals surface area contributed by atoms with E-state index < -0.39 is 0 Å². The summed E-state index contributed by atoms with van der Waals surface area (Å²) in [5, 5.41) is 2.25. The molecule has 0 amide bonds. The van der Waals surface area contributed by atoms with E-state index in [4.69, 9.17) is 4.42 Å². The van der Waals surface area contributed by atoms with E-state index in [1.165, 1.54) is 50.3 Å². The lowest BCUT2D eigenvalue weighted by molar-refractivity contribution is 0.660. The topological polar surface area (TPSA) is 22.9 Å². The fraction of sp³-hybridized carbons (Fsp3) is 0.0625. The second kappa shape index (κ2) is 15.8. The van der Waals surface area contributed by atoms with Gasteiger partial charge in [0.25, 0.3) is 0 Å². The van der Waals surface area contributed by atoms with E-state index in [9.17, 15) is 0 Å². The summed E-state index contributed by atoms with van der Waals surface area (Å²) in [5.41, 5.74) is 21.6. The van der Waals surface area contributed by atoms with Crippen molar-refractivity contribution >= 4 is 61.8 Å². The van der Waals surface area contributed by atoms with Crippen molar-refractivity contribution in [2.45, 2.75) is 19.3 Å². The first-order chi connectivity index (χ1) is 33.5. The third-order valence-corrected chi connectivity index (χ3v) is 14.3. The molecule has 2 heterocycles. The largest absolute Gasteiger partial charge is 0.456 e. The molecule has 0 bridgehead atoms.